The van der Waals surface area contributed by atoms with Gasteiger partial charge in [0.1, 0.15) is 5.84 Å². The molecular formula is C14H10Cl2N4. The van der Waals surface area contributed by atoms with Gasteiger partial charge in [0.2, 0.25) is 0 Å². The molecule has 0 amide bonds. The van der Waals surface area contributed by atoms with Crippen LogP contribution in [0.3, 0.4) is 0 Å². The predicted octanol–water partition coefficient (Wildman–Crippen LogP) is 3.41. The average Bonchev–Trinajstić information content (AvgIpc) is 2.48. The summed E-state index contributed by atoms with van der Waals surface area (Å²) >= 11 is 11.8. The maximum atomic E-state index is 8.77. The highest BCUT2D eigenvalue weighted by molar-refractivity contribution is 6.42. The van der Waals surface area contributed by atoms with E-state index >= 15 is 0 Å². The summed E-state index contributed by atoms with van der Waals surface area (Å²) < 4.78 is 0. The Balaban J connectivity index is 2.22. The van der Waals surface area contributed by atoms with Crippen molar-refractivity contribution in [2.45, 2.75) is 6.54 Å². The molecular weight excluding hydrogens is 295 g/mol. The van der Waals surface area contributed by atoms with E-state index in [4.69, 9.17) is 28.5 Å². The summed E-state index contributed by atoms with van der Waals surface area (Å²) in [6.07, 6.45) is 5.16. The molecule has 1 aromatic carbocycles. The molecule has 0 saturated heterocycles. The van der Waals surface area contributed by atoms with Gasteiger partial charge in [-0.1, -0.05) is 29.3 Å². The fourth-order valence-corrected chi connectivity index (χ4v) is 1.89. The minimum absolute atomic E-state index is 0.385. The van der Waals surface area contributed by atoms with Gasteiger partial charge in [-0.3, -0.25) is 15.3 Å². The zero-order chi connectivity index (χ0) is 14.4. The molecule has 2 rings (SSSR count). The van der Waals surface area contributed by atoms with Crippen molar-refractivity contribution in [1.29, 1.82) is 5.26 Å². The molecule has 1 heterocycles. The number of benzene rings is 1. The van der Waals surface area contributed by atoms with Crippen LogP contribution in [0.5, 0.6) is 0 Å². The van der Waals surface area contributed by atoms with Crippen LogP contribution in [0.1, 0.15) is 11.1 Å². The number of nitrogens with one attached hydrogen (secondary N) is 1. The first kappa shape index (κ1) is 14.3. The Labute approximate surface area is 126 Å². The Morgan fingerprint density at radius 2 is 2.15 bits per heavy atom. The highest BCUT2D eigenvalue weighted by Crippen LogP contribution is 2.22. The number of nitriles is 1. The molecule has 4 nitrogen and oxygen atoms in total. The average molecular weight is 305 g/mol. The Morgan fingerprint density at radius 3 is 2.80 bits per heavy atom. The molecule has 0 aliphatic carbocycles. The summed E-state index contributed by atoms with van der Waals surface area (Å²) in [7, 11) is 0. The Hall–Kier alpha value is -2.09. The summed E-state index contributed by atoms with van der Waals surface area (Å²) in [5.41, 5.74) is 1.65. The SMILES string of the molecule is N#CN/C(=N\Cc1ccc(Cl)c(Cl)c1)c1cccnc1. The van der Waals surface area contributed by atoms with Crippen LogP contribution in [-0.4, -0.2) is 10.8 Å². The third kappa shape index (κ3) is 3.70. The number of hydrogen-bond acceptors (Lipinski definition) is 3. The minimum Gasteiger partial charge on any atom is -0.277 e. The second kappa shape index (κ2) is 6.90. The van der Waals surface area contributed by atoms with Crippen LogP contribution in [0.15, 0.2) is 47.7 Å². The van der Waals surface area contributed by atoms with E-state index in [0.717, 1.165) is 11.1 Å². The lowest BCUT2D eigenvalue weighted by atomic mass is 10.2. The minimum atomic E-state index is 0.385. The quantitative estimate of drug-likeness (QED) is 0.409. The first-order valence-electron chi connectivity index (χ1n) is 5.74. The fraction of sp³-hybridized carbons (Fsp3) is 0.0714. The summed E-state index contributed by atoms with van der Waals surface area (Å²) in [6, 6.07) is 8.91. The highest BCUT2D eigenvalue weighted by Gasteiger charge is 2.03. The second-order valence-electron chi connectivity index (χ2n) is 3.89. The lowest BCUT2D eigenvalue weighted by molar-refractivity contribution is 1.04. The number of amidine groups is 1. The first-order chi connectivity index (χ1) is 9.70. The Bertz CT molecular complexity index is 663. The van der Waals surface area contributed by atoms with E-state index in [0.29, 0.717) is 22.4 Å². The summed E-state index contributed by atoms with van der Waals surface area (Å²) in [5.74, 6) is 0.465. The number of pyridine rings is 1. The van der Waals surface area contributed by atoms with Crippen LogP contribution >= 0.6 is 23.2 Å². The molecule has 0 saturated carbocycles. The van der Waals surface area contributed by atoms with Crippen LogP contribution in [0.4, 0.5) is 0 Å². The van der Waals surface area contributed by atoms with Crippen molar-refractivity contribution in [3.05, 3.63) is 63.9 Å². The van der Waals surface area contributed by atoms with Gasteiger partial charge in [0.05, 0.1) is 16.6 Å². The van der Waals surface area contributed by atoms with Crippen molar-refractivity contribution < 1.29 is 0 Å². The predicted molar refractivity (Wildman–Crippen MR) is 79.7 cm³/mol. The summed E-state index contributed by atoms with van der Waals surface area (Å²) in [4.78, 5) is 8.37. The van der Waals surface area contributed by atoms with Crippen molar-refractivity contribution >= 4 is 29.0 Å². The summed E-state index contributed by atoms with van der Waals surface area (Å²) in [6.45, 7) is 0.385. The second-order valence-corrected chi connectivity index (χ2v) is 4.71. The van der Waals surface area contributed by atoms with Gasteiger partial charge < -0.3 is 0 Å². The van der Waals surface area contributed by atoms with Crippen LogP contribution in [0, 0.1) is 11.5 Å². The van der Waals surface area contributed by atoms with Crippen molar-refractivity contribution in [1.82, 2.24) is 10.3 Å². The standard InChI is InChI=1S/C14H10Cl2N4/c15-12-4-3-10(6-13(12)16)7-19-14(20-9-17)11-2-1-5-18-8-11/h1-6,8H,7H2,(H,19,20). The molecule has 0 bridgehead atoms. The van der Waals surface area contributed by atoms with E-state index in [1.54, 1.807) is 30.6 Å². The molecule has 2 aromatic rings. The maximum absolute atomic E-state index is 8.77. The van der Waals surface area contributed by atoms with Crippen molar-refractivity contribution in [3.8, 4) is 6.19 Å². The number of nitrogens with zero attached hydrogens (tertiary/aromatic N) is 3. The van der Waals surface area contributed by atoms with Crippen molar-refractivity contribution in [3.63, 3.8) is 0 Å². The number of halogens is 2. The van der Waals surface area contributed by atoms with Gasteiger partial charge in [0.15, 0.2) is 6.19 Å². The molecule has 1 N–H and O–H groups in total. The third-order valence-electron chi connectivity index (χ3n) is 2.51. The van der Waals surface area contributed by atoms with Gasteiger partial charge in [-0.25, -0.2) is 0 Å². The monoisotopic (exact) mass is 304 g/mol. The molecule has 20 heavy (non-hydrogen) atoms. The molecule has 1 aromatic heterocycles. The topological polar surface area (TPSA) is 61.1 Å². The zero-order valence-electron chi connectivity index (χ0n) is 10.3. The van der Waals surface area contributed by atoms with Crippen molar-refractivity contribution in [2.24, 2.45) is 4.99 Å². The lowest BCUT2D eigenvalue weighted by Crippen LogP contribution is -2.19. The van der Waals surface area contributed by atoms with Gasteiger partial charge in [-0.15, -0.1) is 0 Å². The fourth-order valence-electron chi connectivity index (χ4n) is 1.57. The molecule has 100 valence electrons. The molecule has 0 aliphatic rings. The van der Waals surface area contributed by atoms with Crippen LogP contribution in [-0.2, 0) is 6.54 Å². The molecule has 0 atom stereocenters. The third-order valence-corrected chi connectivity index (χ3v) is 3.25. The molecule has 0 radical (unpaired) electrons. The normalized spacial score (nSPS) is 10.9. The largest absolute Gasteiger partial charge is 0.277 e. The van der Waals surface area contributed by atoms with Gasteiger partial charge in [-0.05, 0) is 29.8 Å². The van der Waals surface area contributed by atoms with Gasteiger partial charge in [0, 0.05) is 18.0 Å². The highest BCUT2D eigenvalue weighted by atomic mass is 35.5. The Kier molecular flexibility index (Phi) is 4.94. The van der Waals surface area contributed by atoms with Gasteiger partial charge in [-0.2, -0.15) is 5.26 Å². The van der Waals surface area contributed by atoms with E-state index in [1.807, 2.05) is 18.3 Å². The van der Waals surface area contributed by atoms with E-state index < -0.39 is 0 Å². The van der Waals surface area contributed by atoms with E-state index in [-0.39, 0.29) is 0 Å². The summed E-state index contributed by atoms with van der Waals surface area (Å²) in [5, 5.41) is 12.3. The molecule has 0 spiro atoms. The Morgan fingerprint density at radius 1 is 1.30 bits per heavy atom. The molecule has 6 heteroatoms. The van der Waals surface area contributed by atoms with E-state index in [2.05, 4.69) is 15.3 Å². The lowest BCUT2D eigenvalue weighted by Gasteiger charge is -2.04. The van der Waals surface area contributed by atoms with E-state index in [1.165, 1.54) is 0 Å². The molecule has 0 aliphatic heterocycles. The van der Waals surface area contributed by atoms with Gasteiger partial charge in [0.25, 0.3) is 0 Å². The van der Waals surface area contributed by atoms with Crippen LogP contribution in [0.25, 0.3) is 0 Å². The number of aromatic nitrogens is 1. The smallest absolute Gasteiger partial charge is 0.182 e. The van der Waals surface area contributed by atoms with Crippen molar-refractivity contribution in [2.75, 3.05) is 0 Å². The molecule has 0 unspecified atom stereocenters. The maximum Gasteiger partial charge on any atom is 0.182 e. The zero-order valence-corrected chi connectivity index (χ0v) is 11.9. The van der Waals surface area contributed by atoms with Crippen LogP contribution < -0.4 is 5.32 Å². The first-order valence-corrected chi connectivity index (χ1v) is 6.50. The number of aliphatic imine (C=N–C) groups is 1. The number of rotatable bonds is 3. The van der Waals surface area contributed by atoms with Gasteiger partial charge >= 0.3 is 0 Å². The van der Waals surface area contributed by atoms with Crippen LogP contribution in [0.2, 0.25) is 10.0 Å². The molecule has 0 fully saturated rings. The van der Waals surface area contributed by atoms with E-state index in [9.17, 15) is 0 Å². The number of hydrogen-bond donors (Lipinski definition) is 1.